The van der Waals surface area contributed by atoms with Crippen LogP contribution in [0.5, 0.6) is 0 Å². The summed E-state index contributed by atoms with van der Waals surface area (Å²) >= 11 is 5.98. The molecule has 0 bridgehead atoms. The number of carbonyl (C=O) groups is 2. The molecule has 1 amide bonds. The molecule has 1 saturated carbocycles. The number of amides is 1. The van der Waals surface area contributed by atoms with E-state index in [0.29, 0.717) is 23.8 Å². The number of rotatable bonds is 4. The largest absolute Gasteiger partial charge is 0.467 e. The molecule has 1 aromatic rings. The van der Waals surface area contributed by atoms with Crippen molar-refractivity contribution in [1.82, 2.24) is 5.32 Å². The monoisotopic (exact) mass is 379 g/mol. The SMILES string of the molecule is COC(=O)C1(NC(=O)Cc2ccc(Cl)cc2C)CCC(C(C)(C)C)CC1. The van der Waals surface area contributed by atoms with Gasteiger partial charge in [0.05, 0.1) is 13.5 Å². The highest BCUT2D eigenvalue weighted by Crippen LogP contribution is 2.42. The Bertz CT molecular complexity index is 670. The van der Waals surface area contributed by atoms with Crippen molar-refractivity contribution in [1.29, 1.82) is 0 Å². The average Bonchev–Trinajstić information content (AvgIpc) is 2.56. The van der Waals surface area contributed by atoms with Crippen LogP contribution in [0.25, 0.3) is 0 Å². The van der Waals surface area contributed by atoms with E-state index in [4.69, 9.17) is 16.3 Å². The number of carbonyl (C=O) groups excluding carboxylic acids is 2. The van der Waals surface area contributed by atoms with Crippen molar-refractivity contribution >= 4 is 23.5 Å². The van der Waals surface area contributed by atoms with Gasteiger partial charge < -0.3 is 10.1 Å². The van der Waals surface area contributed by atoms with Gasteiger partial charge in [-0.3, -0.25) is 4.79 Å². The molecule has 0 unspecified atom stereocenters. The molecule has 1 aliphatic carbocycles. The maximum Gasteiger partial charge on any atom is 0.331 e. The van der Waals surface area contributed by atoms with E-state index in [1.165, 1.54) is 7.11 Å². The summed E-state index contributed by atoms with van der Waals surface area (Å²) in [6.45, 7) is 8.61. The van der Waals surface area contributed by atoms with Gasteiger partial charge in [-0.15, -0.1) is 0 Å². The summed E-state index contributed by atoms with van der Waals surface area (Å²) in [5.74, 6) is 0.0387. The first kappa shape index (κ1) is 20.8. The van der Waals surface area contributed by atoms with Crippen molar-refractivity contribution < 1.29 is 14.3 Å². The van der Waals surface area contributed by atoms with Gasteiger partial charge in [-0.2, -0.15) is 0 Å². The summed E-state index contributed by atoms with van der Waals surface area (Å²) in [6, 6.07) is 5.48. The molecule has 144 valence electrons. The predicted molar refractivity (Wildman–Crippen MR) is 104 cm³/mol. The van der Waals surface area contributed by atoms with Gasteiger partial charge in [-0.1, -0.05) is 38.4 Å². The Kier molecular flexibility index (Phi) is 6.38. The Morgan fingerprint density at radius 3 is 2.38 bits per heavy atom. The zero-order chi connectivity index (χ0) is 19.5. The number of halogens is 1. The molecule has 4 nitrogen and oxygen atoms in total. The number of methoxy groups -OCH3 is 1. The Balaban J connectivity index is 2.11. The molecule has 1 fully saturated rings. The maximum atomic E-state index is 12.7. The standard InChI is InChI=1S/C21H30ClNO3/c1-14-12-17(22)7-6-15(14)13-18(24)23-21(19(25)26-5)10-8-16(9-11-21)20(2,3)4/h6-7,12,16H,8-11,13H2,1-5H3,(H,23,24). The minimum atomic E-state index is -0.909. The Hall–Kier alpha value is -1.55. The minimum absolute atomic E-state index is 0.157. The van der Waals surface area contributed by atoms with Crippen molar-refractivity contribution in [2.45, 2.75) is 65.3 Å². The van der Waals surface area contributed by atoms with Gasteiger partial charge in [0.25, 0.3) is 0 Å². The van der Waals surface area contributed by atoms with E-state index < -0.39 is 5.54 Å². The van der Waals surface area contributed by atoms with Crippen LogP contribution in [0.1, 0.15) is 57.6 Å². The van der Waals surface area contributed by atoms with E-state index in [9.17, 15) is 9.59 Å². The molecule has 0 heterocycles. The lowest BCUT2D eigenvalue weighted by atomic mass is 9.67. The minimum Gasteiger partial charge on any atom is -0.467 e. The fourth-order valence-electron chi connectivity index (χ4n) is 3.89. The van der Waals surface area contributed by atoms with E-state index in [1.54, 1.807) is 6.07 Å². The number of benzene rings is 1. The lowest BCUT2D eigenvalue weighted by Gasteiger charge is -2.42. The van der Waals surface area contributed by atoms with Gasteiger partial charge in [0.2, 0.25) is 5.91 Å². The van der Waals surface area contributed by atoms with E-state index in [1.807, 2.05) is 19.1 Å². The van der Waals surface area contributed by atoms with Crippen molar-refractivity contribution in [3.8, 4) is 0 Å². The number of ether oxygens (including phenoxy) is 1. The van der Waals surface area contributed by atoms with Gasteiger partial charge in [-0.05, 0) is 67.2 Å². The van der Waals surface area contributed by atoms with Gasteiger partial charge in [0, 0.05) is 5.02 Å². The van der Waals surface area contributed by atoms with E-state index >= 15 is 0 Å². The third kappa shape index (κ3) is 4.79. The molecule has 26 heavy (non-hydrogen) atoms. The van der Waals surface area contributed by atoms with Crippen molar-refractivity contribution in [2.24, 2.45) is 11.3 Å². The van der Waals surface area contributed by atoms with Crippen molar-refractivity contribution in [3.63, 3.8) is 0 Å². The van der Waals surface area contributed by atoms with Gasteiger partial charge in [-0.25, -0.2) is 4.79 Å². The molecule has 1 N–H and O–H groups in total. The Labute approximate surface area is 161 Å². The van der Waals surface area contributed by atoms with Crippen LogP contribution in [0.15, 0.2) is 18.2 Å². The lowest BCUT2D eigenvalue weighted by Crippen LogP contribution is -2.57. The zero-order valence-electron chi connectivity index (χ0n) is 16.4. The number of aryl methyl sites for hydroxylation is 1. The van der Waals surface area contributed by atoms with Crippen LogP contribution in [0.3, 0.4) is 0 Å². The fraction of sp³-hybridized carbons (Fsp3) is 0.619. The molecule has 0 saturated heterocycles. The van der Waals surface area contributed by atoms with Gasteiger partial charge >= 0.3 is 5.97 Å². The highest BCUT2D eigenvalue weighted by molar-refractivity contribution is 6.30. The molecule has 0 radical (unpaired) electrons. The summed E-state index contributed by atoms with van der Waals surface area (Å²) in [5, 5.41) is 3.65. The summed E-state index contributed by atoms with van der Waals surface area (Å²) in [6.07, 6.45) is 3.27. The fourth-order valence-corrected chi connectivity index (χ4v) is 4.12. The van der Waals surface area contributed by atoms with E-state index in [0.717, 1.165) is 24.0 Å². The summed E-state index contributed by atoms with van der Waals surface area (Å²) in [4.78, 5) is 25.2. The van der Waals surface area contributed by atoms with Gasteiger partial charge in [0.15, 0.2) is 0 Å². The molecule has 2 rings (SSSR count). The first-order valence-electron chi connectivity index (χ1n) is 9.22. The van der Waals surface area contributed by atoms with Crippen LogP contribution in [0, 0.1) is 18.3 Å². The number of hydrogen-bond donors (Lipinski definition) is 1. The second kappa shape index (κ2) is 7.99. The van der Waals surface area contributed by atoms with Crippen LogP contribution >= 0.6 is 11.6 Å². The molecular formula is C21H30ClNO3. The molecule has 1 aromatic carbocycles. The molecule has 5 heteroatoms. The normalized spacial score (nSPS) is 23.4. The highest BCUT2D eigenvalue weighted by atomic mass is 35.5. The van der Waals surface area contributed by atoms with Gasteiger partial charge in [0.1, 0.15) is 5.54 Å². The van der Waals surface area contributed by atoms with Crippen LogP contribution in [0.2, 0.25) is 5.02 Å². The molecule has 0 aliphatic heterocycles. The van der Waals surface area contributed by atoms with E-state index in [2.05, 4.69) is 26.1 Å². The predicted octanol–water partition coefficient (Wildman–Crippen LogP) is 4.46. The number of hydrogen-bond acceptors (Lipinski definition) is 3. The lowest BCUT2D eigenvalue weighted by molar-refractivity contribution is -0.153. The number of nitrogens with one attached hydrogen (secondary N) is 1. The van der Waals surface area contributed by atoms with E-state index in [-0.39, 0.29) is 23.7 Å². The molecular weight excluding hydrogens is 350 g/mol. The summed E-state index contributed by atoms with van der Waals surface area (Å²) in [7, 11) is 1.38. The number of esters is 1. The molecule has 0 aromatic heterocycles. The van der Waals surface area contributed by atoms with Crippen LogP contribution in [-0.2, 0) is 20.7 Å². The molecule has 0 spiro atoms. The summed E-state index contributed by atoms with van der Waals surface area (Å²) in [5.41, 5.74) is 1.17. The smallest absolute Gasteiger partial charge is 0.331 e. The first-order chi connectivity index (χ1) is 12.1. The van der Waals surface area contributed by atoms with Crippen molar-refractivity contribution in [3.05, 3.63) is 34.3 Å². The quantitative estimate of drug-likeness (QED) is 0.786. The van der Waals surface area contributed by atoms with Crippen molar-refractivity contribution in [2.75, 3.05) is 7.11 Å². The van der Waals surface area contributed by atoms with Crippen LogP contribution in [0.4, 0.5) is 0 Å². The highest BCUT2D eigenvalue weighted by Gasteiger charge is 2.45. The first-order valence-corrected chi connectivity index (χ1v) is 9.59. The third-order valence-electron chi connectivity index (χ3n) is 5.67. The molecule has 0 atom stereocenters. The summed E-state index contributed by atoms with van der Waals surface area (Å²) < 4.78 is 5.03. The van der Waals surface area contributed by atoms with Crippen LogP contribution < -0.4 is 5.32 Å². The average molecular weight is 380 g/mol. The topological polar surface area (TPSA) is 55.4 Å². The Morgan fingerprint density at radius 2 is 1.88 bits per heavy atom. The second-order valence-corrected chi connectivity index (χ2v) is 8.95. The molecule has 1 aliphatic rings. The third-order valence-corrected chi connectivity index (χ3v) is 5.91. The second-order valence-electron chi connectivity index (χ2n) is 8.51. The zero-order valence-corrected chi connectivity index (χ0v) is 17.2. The maximum absolute atomic E-state index is 12.7. The Morgan fingerprint density at radius 1 is 1.27 bits per heavy atom. The van der Waals surface area contributed by atoms with Crippen LogP contribution in [-0.4, -0.2) is 24.5 Å².